The Balaban J connectivity index is 2.04. The van der Waals surface area contributed by atoms with E-state index < -0.39 is 6.10 Å². The Labute approximate surface area is 127 Å². The number of anilines is 1. The van der Waals surface area contributed by atoms with Crippen LogP contribution in [0.3, 0.4) is 0 Å². The fourth-order valence-corrected chi connectivity index (χ4v) is 1.80. The molecule has 1 atom stereocenters. The van der Waals surface area contributed by atoms with Gasteiger partial charge in [-0.2, -0.15) is 0 Å². The SMILES string of the molecule is OC(CCl)CNc1cc(F)ccc1OCc1ccncc1. The summed E-state index contributed by atoms with van der Waals surface area (Å²) in [7, 11) is 0. The predicted octanol–water partition coefficient (Wildman–Crippen LogP) is 2.81. The average molecular weight is 311 g/mol. The fraction of sp³-hybridized carbons (Fsp3) is 0.267. The molecule has 0 aliphatic rings. The molecule has 112 valence electrons. The number of halogens is 2. The molecule has 2 aromatic rings. The first-order valence-electron chi connectivity index (χ1n) is 6.48. The van der Waals surface area contributed by atoms with E-state index in [1.54, 1.807) is 18.5 Å². The minimum absolute atomic E-state index is 0.107. The van der Waals surface area contributed by atoms with Crippen LogP contribution in [0.5, 0.6) is 5.75 Å². The Morgan fingerprint density at radius 1 is 1.29 bits per heavy atom. The zero-order chi connectivity index (χ0) is 15.1. The van der Waals surface area contributed by atoms with Crippen LogP contribution in [0.25, 0.3) is 0 Å². The number of nitrogens with zero attached hydrogens (tertiary/aromatic N) is 1. The molecule has 0 radical (unpaired) electrons. The van der Waals surface area contributed by atoms with Crippen LogP contribution in [0, 0.1) is 5.82 Å². The van der Waals surface area contributed by atoms with Crippen LogP contribution in [0.4, 0.5) is 10.1 Å². The highest BCUT2D eigenvalue weighted by molar-refractivity contribution is 6.18. The van der Waals surface area contributed by atoms with Gasteiger partial charge in [-0.05, 0) is 29.8 Å². The van der Waals surface area contributed by atoms with E-state index in [9.17, 15) is 9.50 Å². The van der Waals surface area contributed by atoms with E-state index in [0.717, 1.165) is 5.56 Å². The lowest BCUT2D eigenvalue weighted by atomic mass is 10.2. The molecule has 1 aromatic carbocycles. The lowest BCUT2D eigenvalue weighted by molar-refractivity contribution is 0.211. The van der Waals surface area contributed by atoms with Gasteiger partial charge in [0.2, 0.25) is 0 Å². The largest absolute Gasteiger partial charge is 0.487 e. The second kappa shape index (κ2) is 7.81. The molecule has 1 heterocycles. The van der Waals surface area contributed by atoms with Gasteiger partial charge in [0.25, 0.3) is 0 Å². The van der Waals surface area contributed by atoms with Gasteiger partial charge in [-0.1, -0.05) is 0 Å². The molecule has 2 N–H and O–H groups in total. The number of pyridine rings is 1. The van der Waals surface area contributed by atoms with Crippen molar-refractivity contribution in [3.8, 4) is 5.75 Å². The number of aliphatic hydroxyl groups is 1. The quantitative estimate of drug-likeness (QED) is 0.772. The molecule has 4 nitrogen and oxygen atoms in total. The number of benzene rings is 1. The van der Waals surface area contributed by atoms with Gasteiger partial charge >= 0.3 is 0 Å². The summed E-state index contributed by atoms with van der Waals surface area (Å²) in [5, 5.41) is 12.4. The van der Waals surface area contributed by atoms with E-state index in [1.165, 1.54) is 12.1 Å². The van der Waals surface area contributed by atoms with Crippen molar-refractivity contribution in [3.63, 3.8) is 0 Å². The van der Waals surface area contributed by atoms with E-state index in [0.29, 0.717) is 18.0 Å². The standard InChI is InChI=1S/C15H16ClFN2O2/c16-8-13(20)9-19-14-7-12(17)1-2-15(14)21-10-11-3-5-18-6-4-11/h1-7,13,19-20H,8-10H2. The monoisotopic (exact) mass is 310 g/mol. The van der Waals surface area contributed by atoms with Gasteiger partial charge in [-0.15, -0.1) is 11.6 Å². The predicted molar refractivity (Wildman–Crippen MR) is 80.2 cm³/mol. The normalized spacial score (nSPS) is 12.0. The molecule has 0 bridgehead atoms. The van der Waals surface area contributed by atoms with E-state index in [4.69, 9.17) is 16.3 Å². The van der Waals surface area contributed by atoms with Crippen molar-refractivity contribution in [2.45, 2.75) is 12.7 Å². The molecule has 0 fully saturated rings. The van der Waals surface area contributed by atoms with E-state index in [1.807, 2.05) is 12.1 Å². The summed E-state index contributed by atoms with van der Waals surface area (Å²) in [6, 6.07) is 7.88. The third-order valence-corrected chi connectivity index (χ3v) is 3.15. The summed E-state index contributed by atoms with van der Waals surface area (Å²) in [6.07, 6.45) is 2.65. The molecule has 0 aliphatic heterocycles. The Bertz CT molecular complexity index is 569. The van der Waals surface area contributed by atoms with Crippen LogP contribution < -0.4 is 10.1 Å². The van der Waals surface area contributed by atoms with Gasteiger partial charge in [-0.25, -0.2) is 4.39 Å². The summed E-state index contributed by atoms with van der Waals surface area (Å²) in [5.74, 6) is 0.235. The molecular weight excluding hydrogens is 295 g/mol. The number of alkyl halides is 1. The van der Waals surface area contributed by atoms with Gasteiger partial charge in [0.05, 0.1) is 17.7 Å². The van der Waals surface area contributed by atoms with E-state index in [-0.39, 0.29) is 18.2 Å². The van der Waals surface area contributed by atoms with Crippen LogP contribution in [-0.4, -0.2) is 28.6 Å². The number of aliphatic hydroxyl groups excluding tert-OH is 1. The zero-order valence-electron chi connectivity index (χ0n) is 11.3. The number of rotatable bonds is 7. The zero-order valence-corrected chi connectivity index (χ0v) is 12.1. The summed E-state index contributed by atoms with van der Waals surface area (Å²) in [4.78, 5) is 3.93. The first kappa shape index (κ1) is 15.5. The lowest BCUT2D eigenvalue weighted by Gasteiger charge is -2.15. The van der Waals surface area contributed by atoms with Crippen molar-refractivity contribution < 1.29 is 14.2 Å². The number of aromatic nitrogens is 1. The second-order valence-corrected chi connectivity index (χ2v) is 4.78. The molecule has 2 rings (SSSR count). The van der Waals surface area contributed by atoms with Gasteiger partial charge in [0, 0.05) is 25.0 Å². The molecule has 21 heavy (non-hydrogen) atoms. The number of hydrogen-bond acceptors (Lipinski definition) is 4. The molecule has 0 spiro atoms. The third-order valence-electron chi connectivity index (χ3n) is 2.79. The second-order valence-electron chi connectivity index (χ2n) is 4.47. The minimum atomic E-state index is -0.706. The van der Waals surface area contributed by atoms with E-state index in [2.05, 4.69) is 10.3 Å². The molecule has 1 unspecified atom stereocenters. The maximum Gasteiger partial charge on any atom is 0.143 e. The number of nitrogens with one attached hydrogen (secondary N) is 1. The van der Waals surface area contributed by atoms with Crippen molar-refractivity contribution in [1.82, 2.24) is 4.98 Å². The van der Waals surface area contributed by atoms with Crippen molar-refractivity contribution in [2.75, 3.05) is 17.7 Å². The van der Waals surface area contributed by atoms with Gasteiger partial charge < -0.3 is 15.2 Å². The molecule has 1 aromatic heterocycles. The van der Waals surface area contributed by atoms with E-state index >= 15 is 0 Å². The summed E-state index contributed by atoms with van der Waals surface area (Å²) < 4.78 is 19.0. The highest BCUT2D eigenvalue weighted by Gasteiger charge is 2.08. The topological polar surface area (TPSA) is 54.4 Å². The summed E-state index contributed by atoms with van der Waals surface area (Å²) in [6.45, 7) is 0.569. The van der Waals surface area contributed by atoms with Gasteiger partial charge in [0.15, 0.2) is 0 Å². The number of hydrogen-bond donors (Lipinski definition) is 2. The highest BCUT2D eigenvalue weighted by atomic mass is 35.5. The maximum absolute atomic E-state index is 13.3. The summed E-state index contributed by atoms with van der Waals surface area (Å²) >= 11 is 5.53. The van der Waals surface area contributed by atoms with Crippen LogP contribution in [-0.2, 0) is 6.61 Å². The van der Waals surface area contributed by atoms with Crippen molar-refractivity contribution in [3.05, 3.63) is 54.1 Å². The Morgan fingerprint density at radius 3 is 2.76 bits per heavy atom. The highest BCUT2D eigenvalue weighted by Crippen LogP contribution is 2.26. The average Bonchev–Trinajstić information content (AvgIpc) is 2.52. The first-order chi connectivity index (χ1) is 10.2. The molecule has 6 heteroatoms. The minimum Gasteiger partial charge on any atom is -0.487 e. The first-order valence-corrected chi connectivity index (χ1v) is 7.01. The fourth-order valence-electron chi connectivity index (χ4n) is 1.69. The maximum atomic E-state index is 13.3. The summed E-state index contributed by atoms with van der Waals surface area (Å²) in [5.41, 5.74) is 1.44. The third kappa shape index (κ3) is 4.88. The smallest absolute Gasteiger partial charge is 0.143 e. The van der Waals surface area contributed by atoms with Crippen LogP contribution >= 0.6 is 11.6 Å². The van der Waals surface area contributed by atoms with Gasteiger partial charge in [0.1, 0.15) is 18.2 Å². The van der Waals surface area contributed by atoms with Crippen LogP contribution in [0.15, 0.2) is 42.7 Å². The molecular formula is C15H16ClFN2O2. The van der Waals surface area contributed by atoms with Crippen molar-refractivity contribution >= 4 is 17.3 Å². The lowest BCUT2D eigenvalue weighted by Crippen LogP contribution is -2.21. The molecule has 0 saturated carbocycles. The molecule has 0 amide bonds. The van der Waals surface area contributed by atoms with Gasteiger partial charge in [-0.3, -0.25) is 4.98 Å². The van der Waals surface area contributed by atoms with Crippen molar-refractivity contribution in [2.24, 2.45) is 0 Å². The number of ether oxygens (including phenoxy) is 1. The van der Waals surface area contributed by atoms with Crippen LogP contribution in [0.1, 0.15) is 5.56 Å². The molecule has 0 saturated heterocycles. The Kier molecular flexibility index (Phi) is 5.78. The van der Waals surface area contributed by atoms with Crippen molar-refractivity contribution in [1.29, 1.82) is 0 Å². The molecule has 0 aliphatic carbocycles. The van der Waals surface area contributed by atoms with Crippen LogP contribution in [0.2, 0.25) is 0 Å². The Hall–Kier alpha value is -1.85. The Morgan fingerprint density at radius 2 is 2.05 bits per heavy atom.